The second-order valence-corrected chi connectivity index (χ2v) is 8.01. The zero-order chi connectivity index (χ0) is 19.3. The molecule has 0 aliphatic carbocycles. The van der Waals surface area contributed by atoms with E-state index < -0.39 is 10.0 Å². The molecule has 2 N–H and O–H groups in total. The second kappa shape index (κ2) is 8.60. The van der Waals surface area contributed by atoms with Crippen LogP contribution < -0.4 is 19.5 Å². The van der Waals surface area contributed by atoms with E-state index in [-0.39, 0.29) is 23.8 Å². The zero-order valence-electron chi connectivity index (χ0n) is 14.4. The van der Waals surface area contributed by atoms with Crippen LogP contribution in [0.3, 0.4) is 0 Å². The number of anilines is 1. The van der Waals surface area contributed by atoms with Crippen LogP contribution in [0.15, 0.2) is 47.4 Å². The van der Waals surface area contributed by atoms with Crippen molar-refractivity contribution in [3.05, 3.63) is 47.5 Å². The Hall–Kier alpha value is -2.29. The fraction of sp³-hybridized carbons (Fsp3) is 0.278. The van der Waals surface area contributed by atoms with Gasteiger partial charge >= 0.3 is 0 Å². The van der Waals surface area contributed by atoms with E-state index in [1.807, 2.05) is 0 Å². The number of nitrogens with one attached hydrogen (secondary N) is 2. The molecule has 0 saturated carbocycles. The lowest BCUT2D eigenvalue weighted by atomic mass is 10.2. The van der Waals surface area contributed by atoms with Gasteiger partial charge in [0.1, 0.15) is 0 Å². The van der Waals surface area contributed by atoms with Gasteiger partial charge in [-0.1, -0.05) is 29.8 Å². The number of hydrogen-bond acceptors (Lipinski definition) is 5. The number of amides is 1. The van der Waals surface area contributed by atoms with E-state index in [4.69, 9.17) is 21.1 Å². The van der Waals surface area contributed by atoms with E-state index in [1.165, 1.54) is 12.1 Å². The summed E-state index contributed by atoms with van der Waals surface area (Å²) < 4.78 is 37.8. The first kappa shape index (κ1) is 19.5. The lowest BCUT2D eigenvalue weighted by molar-refractivity contribution is -0.116. The highest BCUT2D eigenvalue weighted by molar-refractivity contribution is 7.89. The van der Waals surface area contributed by atoms with Gasteiger partial charge in [0.15, 0.2) is 11.5 Å². The Balaban J connectivity index is 1.57. The maximum atomic E-state index is 12.1. The van der Waals surface area contributed by atoms with Gasteiger partial charge < -0.3 is 14.8 Å². The van der Waals surface area contributed by atoms with Crippen LogP contribution in [-0.4, -0.2) is 34.1 Å². The van der Waals surface area contributed by atoms with Gasteiger partial charge in [0.2, 0.25) is 15.9 Å². The monoisotopic (exact) mass is 410 g/mol. The number of benzene rings is 2. The highest BCUT2D eigenvalue weighted by Gasteiger charge is 2.17. The minimum Gasteiger partial charge on any atom is -0.490 e. The molecular formula is C18H19ClN2O5S. The molecule has 1 amide bonds. The summed E-state index contributed by atoms with van der Waals surface area (Å²) in [6, 6.07) is 11.2. The third-order valence-corrected chi connectivity index (χ3v) is 5.60. The Morgan fingerprint density at radius 3 is 2.44 bits per heavy atom. The molecule has 0 radical (unpaired) electrons. The molecule has 0 atom stereocenters. The molecule has 3 rings (SSSR count). The lowest BCUT2D eigenvalue weighted by Gasteiger charge is -2.12. The summed E-state index contributed by atoms with van der Waals surface area (Å²) in [5, 5.41) is 2.98. The molecule has 0 aromatic heterocycles. The molecule has 1 heterocycles. The van der Waals surface area contributed by atoms with Gasteiger partial charge in [0.05, 0.1) is 28.8 Å². The Morgan fingerprint density at radius 2 is 1.74 bits per heavy atom. The van der Waals surface area contributed by atoms with Gasteiger partial charge in [-0.2, -0.15) is 0 Å². The zero-order valence-corrected chi connectivity index (χ0v) is 16.0. The Labute approximate surface area is 162 Å². The van der Waals surface area contributed by atoms with E-state index in [1.54, 1.807) is 30.3 Å². The first-order valence-corrected chi connectivity index (χ1v) is 10.3. The number of rotatable bonds is 6. The SMILES string of the molecule is O=C(CCNS(=O)(=O)c1ccccc1)Nc1cc2c(cc1Cl)OCCCO2. The third kappa shape index (κ3) is 5.12. The average Bonchev–Trinajstić information content (AvgIpc) is 2.87. The van der Waals surface area contributed by atoms with E-state index in [2.05, 4.69) is 10.0 Å². The predicted octanol–water partition coefficient (Wildman–Crippen LogP) is 2.81. The molecule has 144 valence electrons. The van der Waals surface area contributed by atoms with Crippen molar-refractivity contribution in [3.63, 3.8) is 0 Å². The number of carbonyl (C=O) groups excluding carboxylic acids is 1. The summed E-state index contributed by atoms with van der Waals surface area (Å²) >= 11 is 6.18. The van der Waals surface area contributed by atoms with Crippen molar-refractivity contribution in [2.24, 2.45) is 0 Å². The van der Waals surface area contributed by atoms with Crippen LogP contribution in [0.5, 0.6) is 11.5 Å². The minimum absolute atomic E-state index is 0.0365. The van der Waals surface area contributed by atoms with Crippen LogP contribution in [0, 0.1) is 0 Å². The standard InChI is InChI=1S/C18H19ClN2O5S/c19-14-11-16-17(26-10-4-9-25-16)12-15(14)21-18(22)7-8-20-27(23,24)13-5-2-1-3-6-13/h1-3,5-6,11-12,20H,4,7-10H2,(H,21,22). The lowest BCUT2D eigenvalue weighted by Crippen LogP contribution is -2.27. The van der Waals surface area contributed by atoms with Crippen molar-refractivity contribution in [1.29, 1.82) is 0 Å². The summed E-state index contributed by atoms with van der Waals surface area (Å²) in [6.07, 6.45) is 0.715. The van der Waals surface area contributed by atoms with Crippen molar-refractivity contribution >= 4 is 33.2 Å². The Morgan fingerprint density at radius 1 is 1.07 bits per heavy atom. The van der Waals surface area contributed by atoms with E-state index in [0.717, 1.165) is 6.42 Å². The molecule has 2 aromatic carbocycles. The van der Waals surface area contributed by atoms with Gasteiger partial charge in [-0.05, 0) is 12.1 Å². The largest absolute Gasteiger partial charge is 0.490 e. The molecule has 1 aliphatic heterocycles. The summed E-state index contributed by atoms with van der Waals surface area (Å²) in [5.41, 5.74) is 0.386. The molecule has 2 aromatic rings. The molecule has 0 unspecified atom stereocenters. The topological polar surface area (TPSA) is 93.7 Å². The number of fused-ring (bicyclic) bond motifs is 1. The smallest absolute Gasteiger partial charge is 0.240 e. The highest BCUT2D eigenvalue weighted by Crippen LogP contribution is 2.37. The van der Waals surface area contributed by atoms with Gasteiger partial charge in [0, 0.05) is 31.5 Å². The van der Waals surface area contributed by atoms with Crippen molar-refractivity contribution in [2.75, 3.05) is 25.1 Å². The van der Waals surface area contributed by atoms with Gasteiger partial charge in [-0.25, -0.2) is 13.1 Å². The van der Waals surface area contributed by atoms with Crippen LogP contribution in [0.1, 0.15) is 12.8 Å². The third-order valence-electron chi connectivity index (χ3n) is 3.81. The first-order valence-electron chi connectivity index (χ1n) is 8.39. The fourth-order valence-corrected chi connectivity index (χ4v) is 3.73. The highest BCUT2D eigenvalue weighted by atomic mass is 35.5. The van der Waals surface area contributed by atoms with Crippen molar-refractivity contribution < 1.29 is 22.7 Å². The molecule has 0 saturated heterocycles. The molecule has 0 bridgehead atoms. The summed E-state index contributed by atoms with van der Waals surface area (Å²) in [6.45, 7) is 1.02. The van der Waals surface area contributed by atoms with E-state index in [0.29, 0.717) is 35.4 Å². The van der Waals surface area contributed by atoms with Crippen molar-refractivity contribution in [2.45, 2.75) is 17.7 Å². The second-order valence-electron chi connectivity index (χ2n) is 5.84. The van der Waals surface area contributed by atoms with Crippen LogP contribution in [0.4, 0.5) is 5.69 Å². The predicted molar refractivity (Wildman–Crippen MR) is 102 cm³/mol. The molecule has 7 nitrogen and oxygen atoms in total. The van der Waals surface area contributed by atoms with Crippen LogP contribution in [0.2, 0.25) is 5.02 Å². The first-order chi connectivity index (χ1) is 13.0. The number of ether oxygens (including phenoxy) is 2. The van der Waals surface area contributed by atoms with Crippen molar-refractivity contribution in [3.8, 4) is 11.5 Å². The number of hydrogen-bond donors (Lipinski definition) is 2. The summed E-state index contributed by atoms with van der Waals surface area (Å²) in [7, 11) is -3.65. The van der Waals surface area contributed by atoms with E-state index >= 15 is 0 Å². The number of sulfonamides is 1. The molecule has 0 spiro atoms. The molecule has 1 aliphatic rings. The maximum Gasteiger partial charge on any atom is 0.240 e. The van der Waals surface area contributed by atoms with Crippen LogP contribution in [0.25, 0.3) is 0 Å². The minimum atomic E-state index is -3.65. The van der Waals surface area contributed by atoms with Crippen LogP contribution in [-0.2, 0) is 14.8 Å². The summed E-state index contributed by atoms with van der Waals surface area (Å²) in [5.74, 6) is 0.672. The quantitative estimate of drug-likeness (QED) is 0.763. The maximum absolute atomic E-state index is 12.1. The van der Waals surface area contributed by atoms with Gasteiger partial charge in [-0.15, -0.1) is 0 Å². The Bertz CT molecular complexity index is 919. The van der Waals surface area contributed by atoms with E-state index in [9.17, 15) is 13.2 Å². The number of halogens is 1. The average molecular weight is 411 g/mol. The van der Waals surface area contributed by atoms with Gasteiger partial charge in [0.25, 0.3) is 0 Å². The molecular weight excluding hydrogens is 392 g/mol. The molecule has 0 fully saturated rings. The fourth-order valence-electron chi connectivity index (χ4n) is 2.47. The normalized spacial score (nSPS) is 13.7. The van der Waals surface area contributed by atoms with Crippen LogP contribution >= 0.6 is 11.6 Å². The molecule has 27 heavy (non-hydrogen) atoms. The number of carbonyl (C=O) groups is 1. The van der Waals surface area contributed by atoms with Gasteiger partial charge in [-0.3, -0.25) is 4.79 Å². The molecule has 9 heteroatoms. The Kier molecular flexibility index (Phi) is 6.20. The summed E-state index contributed by atoms with van der Waals surface area (Å²) in [4.78, 5) is 12.3. The van der Waals surface area contributed by atoms with Crippen molar-refractivity contribution in [1.82, 2.24) is 4.72 Å².